The van der Waals surface area contributed by atoms with Crippen molar-refractivity contribution in [1.82, 2.24) is 35.1 Å². The van der Waals surface area contributed by atoms with E-state index in [1.807, 2.05) is 51.0 Å². The first-order valence-corrected chi connectivity index (χ1v) is 21.7. The van der Waals surface area contributed by atoms with Gasteiger partial charge in [0.05, 0.1) is 41.5 Å². The molecule has 2 aromatic heterocycles. The van der Waals surface area contributed by atoms with Crippen LogP contribution in [0.4, 0.5) is 11.6 Å². The molecule has 66 heavy (non-hydrogen) atoms. The molecule has 2 saturated carbocycles. The minimum atomic E-state index is -1.01. The first kappa shape index (κ1) is 46.6. The molecule has 17 nitrogen and oxygen atoms in total. The second-order valence-corrected chi connectivity index (χ2v) is 16.7. The number of carbonyl (C=O) groups excluding carboxylic acids is 4. The first-order chi connectivity index (χ1) is 31.7. The number of anilines is 2. The normalized spacial score (nSPS) is 13.6. The number of rotatable bonds is 18. The second-order valence-electron chi connectivity index (χ2n) is 16.7. The van der Waals surface area contributed by atoms with E-state index in [0.717, 1.165) is 43.4 Å². The fourth-order valence-corrected chi connectivity index (χ4v) is 6.76. The highest BCUT2D eigenvalue weighted by Gasteiger charge is 2.26. The highest BCUT2D eigenvalue weighted by Crippen LogP contribution is 2.28. The van der Waals surface area contributed by atoms with E-state index in [1.165, 1.54) is 27.8 Å². The largest absolute Gasteiger partial charge is 0.492 e. The molecule has 2 heterocycles. The number of aliphatic hydroxyl groups is 2. The number of likely N-dealkylation sites (N-methyl/N-ethyl adjacent to an activating group) is 1. The summed E-state index contributed by atoms with van der Waals surface area (Å²) in [6, 6.07) is 24.7. The summed E-state index contributed by atoms with van der Waals surface area (Å²) in [5.74, 6) is 0.537. The van der Waals surface area contributed by atoms with Gasteiger partial charge in [0.25, 0.3) is 11.8 Å². The monoisotopic (exact) mass is 897 g/mol. The van der Waals surface area contributed by atoms with Crippen LogP contribution in [-0.4, -0.2) is 117 Å². The third-order valence-corrected chi connectivity index (χ3v) is 11.0. The molecule has 2 aliphatic carbocycles. The molecule has 6 aromatic rings. The fourth-order valence-electron chi connectivity index (χ4n) is 6.76. The van der Waals surface area contributed by atoms with E-state index in [1.54, 1.807) is 60.7 Å². The number of nitrogens with two attached hydrogens (primary N) is 2. The second kappa shape index (κ2) is 20.7. The molecule has 344 valence electrons. The van der Waals surface area contributed by atoms with Gasteiger partial charge in [0.2, 0.25) is 0 Å². The van der Waals surface area contributed by atoms with Gasteiger partial charge in [-0.2, -0.15) is 10.2 Å². The molecule has 1 unspecified atom stereocenters. The maximum absolute atomic E-state index is 13.2. The molecule has 1 atom stereocenters. The van der Waals surface area contributed by atoms with Crippen LogP contribution in [0.5, 0.6) is 11.5 Å². The van der Waals surface area contributed by atoms with Crippen LogP contribution in [0.2, 0.25) is 0 Å². The van der Waals surface area contributed by atoms with Crippen molar-refractivity contribution in [1.29, 1.82) is 0 Å². The Morgan fingerprint density at radius 1 is 0.697 bits per heavy atom. The van der Waals surface area contributed by atoms with Gasteiger partial charge in [0, 0.05) is 40.9 Å². The minimum Gasteiger partial charge on any atom is -0.492 e. The Kier molecular flexibility index (Phi) is 14.6. The van der Waals surface area contributed by atoms with Crippen LogP contribution in [0, 0.1) is 13.8 Å². The van der Waals surface area contributed by atoms with Gasteiger partial charge in [0.15, 0.2) is 11.6 Å². The Bertz CT molecular complexity index is 2740. The molecule has 2 fully saturated rings. The quantitative estimate of drug-likeness (QED) is 0.0655. The van der Waals surface area contributed by atoms with Crippen molar-refractivity contribution >= 4 is 35.0 Å². The van der Waals surface area contributed by atoms with Crippen molar-refractivity contribution in [2.24, 2.45) is 0 Å². The number of aliphatic hydroxyl groups excluding tert-OH is 2. The minimum absolute atomic E-state index is 0.0991. The Morgan fingerprint density at radius 2 is 1.15 bits per heavy atom. The van der Waals surface area contributed by atoms with E-state index in [-0.39, 0.29) is 59.3 Å². The summed E-state index contributed by atoms with van der Waals surface area (Å²) < 4.78 is 14.1. The Balaban J connectivity index is 0.000000196. The molecule has 8 rings (SSSR count). The van der Waals surface area contributed by atoms with Crippen LogP contribution < -0.4 is 31.6 Å². The maximum atomic E-state index is 13.2. The number of ether oxygens (including phenoxy) is 2. The Morgan fingerprint density at radius 3 is 1.58 bits per heavy atom. The molecule has 0 spiro atoms. The summed E-state index contributed by atoms with van der Waals surface area (Å²) in [5, 5.41) is 33.0. The van der Waals surface area contributed by atoms with Gasteiger partial charge in [-0.25, -0.2) is 9.36 Å². The number of amides is 2. The number of nitrogens with one attached hydrogen (secondary N) is 2. The number of aryl methyl sites for hydroxylation is 2. The summed E-state index contributed by atoms with van der Waals surface area (Å²) in [5.41, 5.74) is 18.0. The van der Waals surface area contributed by atoms with Gasteiger partial charge in [-0.3, -0.25) is 19.2 Å². The SMILES string of the molecule is Cc1ccc(C(=O)NC2CC2)cc1-n1ncc(C(=O)c2cccc(OCC(O)CO)c2)c1N.Cc1ccc(C(=O)NC2CC2)cc1-n1ncc(C(=O)c2cccc(OCCN(C)C)c2)c1N. The highest BCUT2D eigenvalue weighted by molar-refractivity contribution is 6.12. The average molecular weight is 898 g/mol. The highest BCUT2D eigenvalue weighted by atomic mass is 16.5. The lowest BCUT2D eigenvalue weighted by molar-refractivity contribution is 0.0536. The summed E-state index contributed by atoms with van der Waals surface area (Å²) in [7, 11) is 3.95. The lowest BCUT2D eigenvalue weighted by Gasteiger charge is -2.12. The number of aromatic nitrogens is 4. The number of benzene rings is 4. The van der Waals surface area contributed by atoms with E-state index < -0.39 is 12.7 Å². The first-order valence-electron chi connectivity index (χ1n) is 21.7. The molecule has 0 aliphatic heterocycles. The number of hydrogen-bond acceptors (Lipinski definition) is 13. The number of nitrogen functional groups attached to an aromatic ring is 2. The smallest absolute Gasteiger partial charge is 0.251 e. The van der Waals surface area contributed by atoms with Gasteiger partial charge in [-0.05, 0) is 113 Å². The van der Waals surface area contributed by atoms with Gasteiger partial charge in [-0.15, -0.1) is 0 Å². The Labute approximate surface area is 382 Å². The number of carbonyl (C=O) groups is 4. The molecule has 2 aliphatic rings. The van der Waals surface area contributed by atoms with Crippen molar-refractivity contribution in [3.05, 3.63) is 142 Å². The molecule has 4 aromatic carbocycles. The zero-order valence-electron chi connectivity index (χ0n) is 37.4. The van der Waals surface area contributed by atoms with Crippen LogP contribution >= 0.6 is 0 Å². The van der Waals surface area contributed by atoms with Crippen LogP contribution in [-0.2, 0) is 0 Å². The van der Waals surface area contributed by atoms with Gasteiger partial charge < -0.3 is 46.7 Å². The topological polar surface area (TPSA) is 242 Å². The van der Waals surface area contributed by atoms with Gasteiger partial charge in [0.1, 0.15) is 42.5 Å². The number of ketones is 2. The molecular weight excluding hydrogens is 843 g/mol. The van der Waals surface area contributed by atoms with Gasteiger partial charge in [-0.1, -0.05) is 36.4 Å². The third-order valence-electron chi connectivity index (χ3n) is 11.0. The van der Waals surface area contributed by atoms with Crippen molar-refractivity contribution in [2.75, 3.05) is 51.9 Å². The molecular formula is C49H55N9O8. The summed E-state index contributed by atoms with van der Waals surface area (Å²) in [6.07, 6.45) is 5.88. The average Bonchev–Trinajstić information content (AvgIpc) is 4.24. The molecule has 0 saturated heterocycles. The van der Waals surface area contributed by atoms with E-state index in [0.29, 0.717) is 57.3 Å². The molecule has 0 radical (unpaired) electrons. The van der Waals surface area contributed by atoms with Crippen molar-refractivity contribution in [3.63, 3.8) is 0 Å². The summed E-state index contributed by atoms with van der Waals surface area (Å²) in [6.45, 7) is 4.57. The standard InChI is InChI=1S/C25H29N5O3.C24H26N4O5/c1-16-7-8-18(25(32)28-19-9-10-19)14-22(16)30-24(26)21(15-27-30)23(31)17-5-4-6-20(13-17)33-12-11-29(2)3;1-14-5-6-16(24(32)27-17-7-8-17)10-21(14)28-23(25)20(11-26-28)22(31)15-3-2-4-19(9-15)33-13-18(30)12-29/h4-8,13-15,19H,9-12,26H2,1-3H3,(H,28,32);2-6,9-11,17-18,29-30H,7-8,12-13,25H2,1H3,(H,27,32). The molecule has 2 amide bonds. The maximum Gasteiger partial charge on any atom is 0.251 e. The zero-order chi connectivity index (χ0) is 47.1. The van der Waals surface area contributed by atoms with Crippen molar-refractivity contribution in [2.45, 2.75) is 57.7 Å². The molecule has 0 bridgehead atoms. The lowest BCUT2D eigenvalue weighted by atomic mass is 10.1. The van der Waals surface area contributed by atoms with E-state index in [9.17, 15) is 24.3 Å². The summed E-state index contributed by atoms with van der Waals surface area (Å²) in [4.78, 5) is 53.2. The van der Waals surface area contributed by atoms with Crippen molar-refractivity contribution in [3.8, 4) is 22.9 Å². The lowest BCUT2D eigenvalue weighted by Crippen LogP contribution is -2.25. The van der Waals surface area contributed by atoms with Crippen LogP contribution in [0.25, 0.3) is 11.4 Å². The van der Waals surface area contributed by atoms with Crippen LogP contribution in [0.1, 0.15) is 89.4 Å². The van der Waals surface area contributed by atoms with Crippen LogP contribution in [0.15, 0.2) is 97.3 Å². The fraction of sp³-hybridized carbons (Fsp3) is 0.306. The van der Waals surface area contributed by atoms with E-state index >= 15 is 0 Å². The van der Waals surface area contributed by atoms with E-state index in [2.05, 4.69) is 20.8 Å². The predicted octanol–water partition coefficient (Wildman–Crippen LogP) is 4.44. The molecule has 8 N–H and O–H groups in total. The third kappa shape index (κ3) is 11.5. The molecule has 17 heteroatoms. The van der Waals surface area contributed by atoms with Crippen LogP contribution in [0.3, 0.4) is 0 Å². The summed E-state index contributed by atoms with van der Waals surface area (Å²) >= 11 is 0. The van der Waals surface area contributed by atoms with Gasteiger partial charge >= 0.3 is 0 Å². The van der Waals surface area contributed by atoms with E-state index in [4.69, 9.17) is 26.0 Å². The zero-order valence-corrected chi connectivity index (χ0v) is 37.4. The number of nitrogens with zero attached hydrogens (tertiary/aromatic N) is 5. The Hall–Kier alpha value is -7.34. The predicted molar refractivity (Wildman–Crippen MR) is 249 cm³/mol. The number of hydrogen-bond donors (Lipinski definition) is 6. The van der Waals surface area contributed by atoms with Crippen molar-refractivity contribution < 1.29 is 38.9 Å².